The summed E-state index contributed by atoms with van der Waals surface area (Å²) in [5.41, 5.74) is -0.418. The molecule has 120 valence electrons. The molecule has 21 heavy (non-hydrogen) atoms. The van der Waals surface area contributed by atoms with Crippen LogP contribution in [0.25, 0.3) is 0 Å². The van der Waals surface area contributed by atoms with Crippen LogP contribution in [0.2, 0.25) is 0 Å². The Bertz CT molecular complexity index is 522. The summed E-state index contributed by atoms with van der Waals surface area (Å²) in [7, 11) is 0. The van der Waals surface area contributed by atoms with Crippen molar-refractivity contribution in [2.75, 3.05) is 0 Å². The van der Waals surface area contributed by atoms with Gasteiger partial charge in [-0.1, -0.05) is 33.3 Å². The average Bonchev–Trinajstić information content (AvgIpc) is 2.67. The molecule has 0 N–H and O–H groups in total. The van der Waals surface area contributed by atoms with Crippen molar-refractivity contribution in [2.24, 2.45) is 17.8 Å². The first-order valence-electron chi connectivity index (χ1n) is 7.26. The molecule has 1 fully saturated rings. The highest BCUT2D eigenvalue weighted by Crippen LogP contribution is 2.53. The predicted molar refractivity (Wildman–Crippen MR) is 77.4 cm³/mol. The molecule has 1 saturated carbocycles. The minimum absolute atomic E-state index is 0. The molecule has 1 aromatic rings. The predicted octanol–water partition coefficient (Wildman–Crippen LogP) is 5.94. The lowest BCUT2D eigenvalue weighted by molar-refractivity contribution is -0.0839. The topological polar surface area (TPSA) is 0 Å². The number of halogens is 4. The first-order valence-corrected chi connectivity index (χ1v) is 7.26. The van der Waals surface area contributed by atoms with Gasteiger partial charge in [0.15, 0.2) is 11.6 Å². The molecular weight excluding hydrogens is 280 g/mol. The summed E-state index contributed by atoms with van der Waals surface area (Å²) >= 11 is 0. The third kappa shape index (κ3) is 2.58. The van der Waals surface area contributed by atoms with E-state index < -0.39 is 29.0 Å². The van der Waals surface area contributed by atoms with E-state index in [1.165, 1.54) is 6.07 Å². The van der Waals surface area contributed by atoms with Crippen LogP contribution in [0.15, 0.2) is 12.1 Å². The Morgan fingerprint density at radius 2 is 1.71 bits per heavy atom. The summed E-state index contributed by atoms with van der Waals surface area (Å²) in [6.07, 6.45) is 3.59. The van der Waals surface area contributed by atoms with Gasteiger partial charge in [-0.15, -0.1) is 0 Å². The van der Waals surface area contributed by atoms with Gasteiger partial charge in [0.25, 0.3) is 5.92 Å². The lowest BCUT2D eigenvalue weighted by Gasteiger charge is -2.33. The summed E-state index contributed by atoms with van der Waals surface area (Å²) in [5, 5.41) is 0. The smallest absolute Gasteiger partial charge is 0.204 e. The molecule has 0 spiro atoms. The van der Waals surface area contributed by atoms with Gasteiger partial charge in [-0.2, -0.15) is 0 Å². The van der Waals surface area contributed by atoms with E-state index in [2.05, 4.69) is 6.92 Å². The first-order chi connectivity index (χ1) is 9.41. The Balaban J connectivity index is 0.00000121. The highest BCUT2D eigenvalue weighted by Gasteiger charge is 2.53. The Hall–Kier alpha value is -1.06. The molecule has 0 amide bonds. The van der Waals surface area contributed by atoms with Crippen LogP contribution < -0.4 is 0 Å². The summed E-state index contributed by atoms with van der Waals surface area (Å²) in [4.78, 5) is 0. The molecule has 4 heteroatoms. The van der Waals surface area contributed by atoms with Crippen LogP contribution in [0.4, 0.5) is 17.6 Å². The molecule has 2 aliphatic carbocycles. The van der Waals surface area contributed by atoms with Crippen LogP contribution in [0.1, 0.15) is 52.6 Å². The van der Waals surface area contributed by atoms with E-state index in [4.69, 9.17) is 0 Å². The molecule has 3 rings (SSSR count). The Morgan fingerprint density at radius 1 is 1.10 bits per heavy atom. The van der Waals surface area contributed by atoms with Gasteiger partial charge in [0, 0.05) is 7.34 Å². The van der Waals surface area contributed by atoms with E-state index in [0.29, 0.717) is 5.92 Å². The van der Waals surface area contributed by atoms with Gasteiger partial charge in [0.1, 0.15) is 0 Å². The molecular formula is C17H24F4. The Labute approximate surface area is 125 Å². The van der Waals surface area contributed by atoms with Crippen molar-refractivity contribution in [1.82, 2.24) is 0 Å². The van der Waals surface area contributed by atoms with E-state index in [1.807, 2.05) is 0 Å². The average molecular weight is 304 g/mol. The van der Waals surface area contributed by atoms with E-state index >= 15 is 0 Å². The molecule has 0 saturated heterocycles. The number of alkyl halides is 2. The zero-order valence-electron chi connectivity index (χ0n) is 11.4. The van der Waals surface area contributed by atoms with Gasteiger partial charge in [-0.05, 0) is 42.7 Å². The Morgan fingerprint density at radius 3 is 2.33 bits per heavy atom. The number of benzene rings is 1. The zero-order valence-corrected chi connectivity index (χ0v) is 11.4. The maximum atomic E-state index is 14.5. The minimum Gasteiger partial charge on any atom is -0.204 e. The van der Waals surface area contributed by atoms with E-state index in [9.17, 15) is 17.6 Å². The van der Waals surface area contributed by atoms with E-state index in [1.54, 1.807) is 0 Å². The van der Waals surface area contributed by atoms with Gasteiger partial charge < -0.3 is 0 Å². The van der Waals surface area contributed by atoms with Crippen LogP contribution in [-0.2, 0) is 12.3 Å². The molecule has 0 aliphatic heterocycles. The fourth-order valence-corrected chi connectivity index (χ4v) is 3.82. The molecule has 0 radical (unpaired) electrons. The molecule has 0 bridgehead atoms. The molecule has 2 aliphatic rings. The van der Waals surface area contributed by atoms with Crippen molar-refractivity contribution in [3.05, 3.63) is 34.9 Å². The fraction of sp³-hybridized carbons (Fsp3) is 0.647. The molecule has 0 heterocycles. The van der Waals surface area contributed by atoms with Crippen molar-refractivity contribution in [2.45, 2.75) is 52.4 Å². The quantitative estimate of drug-likeness (QED) is 0.563. The van der Waals surface area contributed by atoms with E-state index in [-0.39, 0.29) is 26.8 Å². The number of hydrogen-bond acceptors (Lipinski definition) is 0. The highest BCUT2D eigenvalue weighted by atomic mass is 19.3. The molecule has 1 aromatic carbocycles. The normalized spacial score (nSPS) is 30.6. The summed E-state index contributed by atoms with van der Waals surface area (Å²) in [6.45, 7) is 2.13. The third-order valence-electron chi connectivity index (χ3n) is 5.05. The molecule has 0 nitrogen and oxygen atoms in total. The van der Waals surface area contributed by atoms with Crippen molar-refractivity contribution in [3.8, 4) is 0 Å². The number of fused-ring (bicyclic) bond motifs is 1. The molecule has 1 atom stereocenters. The zero-order chi connectivity index (χ0) is 14.5. The lowest BCUT2D eigenvalue weighted by atomic mass is 9.74. The van der Waals surface area contributed by atoms with Crippen LogP contribution in [0.3, 0.4) is 0 Å². The SMILES string of the molecule is C.CC1CCC(C2Cc3ccc(F)c(F)c3C2(F)F)CC1.[HH]. The molecule has 1 unspecified atom stereocenters. The maximum Gasteiger partial charge on any atom is 0.279 e. The monoisotopic (exact) mass is 304 g/mol. The Kier molecular flexibility index (Phi) is 4.36. The number of rotatable bonds is 1. The summed E-state index contributed by atoms with van der Waals surface area (Å²) < 4.78 is 56.0. The van der Waals surface area contributed by atoms with E-state index in [0.717, 1.165) is 31.7 Å². The highest BCUT2D eigenvalue weighted by molar-refractivity contribution is 5.39. The second-order valence-electron chi connectivity index (χ2n) is 6.35. The van der Waals surface area contributed by atoms with Gasteiger partial charge in [-0.25, -0.2) is 17.6 Å². The molecule has 0 aromatic heterocycles. The largest absolute Gasteiger partial charge is 0.279 e. The van der Waals surface area contributed by atoms with Gasteiger partial charge in [0.05, 0.1) is 5.56 Å². The van der Waals surface area contributed by atoms with Gasteiger partial charge in [0.2, 0.25) is 0 Å². The summed E-state index contributed by atoms with van der Waals surface area (Å²) in [5.74, 6) is -6.16. The standard InChI is InChI=1S/C16H18F4.CH4.H2/c1-9-2-4-10(5-3-9)12-8-11-6-7-13(17)15(18)14(11)16(12,19)20;;/h6-7,9-10,12H,2-5,8H2,1H3;1H4;1H. The summed E-state index contributed by atoms with van der Waals surface area (Å²) in [6, 6.07) is 2.27. The van der Waals surface area contributed by atoms with Crippen molar-refractivity contribution >= 4 is 0 Å². The second kappa shape index (κ2) is 5.62. The maximum absolute atomic E-state index is 14.5. The van der Waals surface area contributed by atoms with Crippen LogP contribution >= 0.6 is 0 Å². The van der Waals surface area contributed by atoms with Gasteiger partial charge in [-0.3, -0.25) is 0 Å². The van der Waals surface area contributed by atoms with Gasteiger partial charge >= 0.3 is 0 Å². The number of hydrogen-bond donors (Lipinski definition) is 0. The first kappa shape index (κ1) is 16.3. The third-order valence-corrected chi connectivity index (χ3v) is 5.05. The minimum atomic E-state index is -3.24. The van der Waals surface area contributed by atoms with Crippen molar-refractivity contribution in [3.63, 3.8) is 0 Å². The fourth-order valence-electron chi connectivity index (χ4n) is 3.82. The second-order valence-corrected chi connectivity index (χ2v) is 6.35. The van der Waals surface area contributed by atoms with Crippen LogP contribution in [0, 0.1) is 29.4 Å². The van der Waals surface area contributed by atoms with Crippen molar-refractivity contribution < 1.29 is 19.0 Å². The lowest BCUT2D eigenvalue weighted by Crippen LogP contribution is -2.31. The van der Waals surface area contributed by atoms with Crippen molar-refractivity contribution in [1.29, 1.82) is 0 Å². The van der Waals surface area contributed by atoms with Crippen LogP contribution in [0.5, 0.6) is 0 Å². The van der Waals surface area contributed by atoms with Crippen LogP contribution in [-0.4, -0.2) is 0 Å².